The molecule has 0 fully saturated rings. The Hall–Kier alpha value is -0.660. The van der Waals surface area contributed by atoms with E-state index in [4.69, 9.17) is 4.74 Å². The van der Waals surface area contributed by atoms with Crippen LogP contribution in [0, 0.1) is 5.92 Å². The summed E-state index contributed by atoms with van der Waals surface area (Å²) in [5.74, 6) is 0.0774. The number of thiazole rings is 1. The topological polar surface area (TPSA) is 34.1 Å². The lowest BCUT2D eigenvalue weighted by Gasteiger charge is -2.18. The molecule has 122 valence electrons. The standard InChI is InChI=1S/C14H23F3N2OS/c1-5-7-18-8-10-12(14(15,16)17)19-13(21-10)11(9(3)4)20-6-2/h9,11,18H,5-8H2,1-4H3. The van der Waals surface area contributed by atoms with Crippen molar-refractivity contribution in [2.24, 2.45) is 5.92 Å². The first-order chi connectivity index (χ1) is 9.81. The lowest BCUT2D eigenvalue weighted by molar-refractivity contribution is -0.141. The lowest BCUT2D eigenvalue weighted by Crippen LogP contribution is -2.17. The monoisotopic (exact) mass is 324 g/mol. The van der Waals surface area contributed by atoms with E-state index in [0.717, 1.165) is 17.8 Å². The fourth-order valence-electron chi connectivity index (χ4n) is 1.94. The van der Waals surface area contributed by atoms with Crippen LogP contribution >= 0.6 is 11.3 Å². The molecule has 0 saturated carbocycles. The van der Waals surface area contributed by atoms with E-state index in [-0.39, 0.29) is 23.4 Å². The third kappa shape index (κ3) is 5.23. The third-order valence-electron chi connectivity index (χ3n) is 2.89. The number of hydrogen-bond acceptors (Lipinski definition) is 4. The molecule has 0 bridgehead atoms. The molecule has 0 saturated heterocycles. The van der Waals surface area contributed by atoms with Gasteiger partial charge in [0.05, 0.1) is 4.88 Å². The Morgan fingerprint density at radius 2 is 1.95 bits per heavy atom. The zero-order valence-electron chi connectivity index (χ0n) is 12.9. The van der Waals surface area contributed by atoms with Gasteiger partial charge in [-0.25, -0.2) is 4.98 Å². The molecule has 1 unspecified atom stereocenters. The maximum absolute atomic E-state index is 13.1. The number of hydrogen-bond donors (Lipinski definition) is 1. The van der Waals surface area contributed by atoms with Gasteiger partial charge in [-0.05, 0) is 25.8 Å². The second kappa shape index (κ2) is 8.10. The van der Waals surface area contributed by atoms with Crippen molar-refractivity contribution in [1.82, 2.24) is 10.3 Å². The fraction of sp³-hybridized carbons (Fsp3) is 0.786. The molecular weight excluding hydrogens is 301 g/mol. The Balaban J connectivity index is 3.06. The number of alkyl halides is 3. The molecule has 7 heteroatoms. The molecule has 21 heavy (non-hydrogen) atoms. The number of halogens is 3. The Morgan fingerprint density at radius 3 is 2.43 bits per heavy atom. The molecule has 0 aliphatic rings. The van der Waals surface area contributed by atoms with E-state index < -0.39 is 11.9 Å². The van der Waals surface area contributed by atoms with Gasteiger partial charge in [0.1, 0.15) is 11.1 Å². The average molecular weight is 324 g/mol. The summed E-state index contributed by atoms with van der Waals surface area (Å²) in [5, 5.41) is 3.42. The molecule has 0 radical (unpaired) electrons. The first kappa shape index (κ1) is 18.4. The quantitative estimate of drug-likeness (QED) is 0.720. The maximum atomic E-state index is 13.1. The minimum atomic E-state index is -4.42. The first-order valence-corrected chi connectivity index (χ1v) is 8.01. The minimum Gasteiger partial charge on any atom is -0.371 e. The van der Waals surface area contributed by atoms with Gasteiger partial charge in [0.2, 0.25) is 0 Å². The van der Waals surface area contributed by atoms with Gasteiger partial charge >= 0.3 is 6.18 Å². The smallest absolute Gasteiger partial charge is 0.371 e. The number of nitrogens with one attached hydrogen (secondary N) is 1. The van der Waals surface area contributed by atoms with Crippen LogP contribution in [0.1, 0.15) is 55.8 Å². The molecule has 0 amide bonds. The van der Waals surface area contributed by atoms with Crippen LogP contribution in [0.2, 0.25) is 0 Å². The predicted molar refractivity (Wildman–Crippen MR) is 78.3 cm³/mol. The molecule has 1 rings (SSSR count). The molecule has 0 aromatic carbocycles. The van der Waals surface area contributed by atoms with Crippen LogP contribution < -0.4 is 5.32 Å². The summed E-state index contributed by atoms with van der Waals surface area (Å²) in [7, 11) is 0. The summed E-state index contributed by atoms with van der Waals surface area (Å²) in [6.45, 7) is 8.97. The van der Waals surface area contributed by atoms with Gasteiger partial charge in [0, 0.05) is 13.2 Å². The van der Waals surface area contributed by atoms with E-state index >= 15 is 0 Å². The second-order valence-electron chi connectivity index (χ2n) is 5.12. The molecule has 3 nitrogen and oxygen atoms in total. The fourth-order valence-corrected chi connectivity index (χ4v) is 3.22. The second-order valence-corrected chi connectivity index (χ2v) is 6.23. The van der Waals surface area contributed by atoms with Gasteiger partial charge in [-0.1, -0.05) is 20.8 Å². The molecule has 1 aromatic heterocycles. The largest absolute Gasteiger partial charge is 0.434 e. The number of nitrogens with zero attached hydrogens (tertiary/aromatic N) is 1. The third-order valence-corrected chi connectivity index (χ3v) is 4.01. The number of aromatic nitrogens is 1. The molecular formula is C14H23F3N2OS. The Morgan fingerprint density at radius 1 is 1.29 bits per heavy atom. The van der Waals surface area contributed by atoms with E-state index in [1.54, 1.807) is 0 Å². The summed E-state index contributed by atoms with van der Waals surface area (Å²) >= 11 is 1.09. The van der Waals surface area contributed by atoms with Gasteiger partial charge in [-0.15, -0.1) is 11.3 Å². The Bertz CT molecular complexity index is 432. The normalized spacial score (nSPS) is 13.9. The summed E-state index contributed by atoms with van der Waals surface area (Å²) in [5.41, 5.74) is -0.781. The zero-order chi connectivity index (χ0) is 16.0. The summed E-state index contributed by atoms with van der Waals surface area (Å²) in [4.78, 5) is 4.06. The van der Waals surface area contributed by atoms with Crippen molar-refractivity contribution < 1.29 is 17.9 Å². The van der Waals surface area contributed by atoms with Gasteiger partial charge < -0.3 is 10.1 Å². The van der Waals surface area contributed by atoms with Crippen LogP contribution in [0.3, 0.4) is 0 Å². The van der Waals surface area contributed by atoms with Gasteiger partial charge in [-0.3, -0.25) is 0 Å². The summed E-state index contributed by atoms with van der Waals surface area (Å²) in [6.07, 6.45) is -3.94. The van der Waals surface area contributed by atoms with E-state index in [1.165, 1.54) is 0 Å². The van der Waals surface area contributed by atoms with Crippen LogP contribution in [-0.4, -0.2) is 18.1 Å². The van der Waals surface area contributed by atoms with E-state index in [1.807, 2.05) is 27.7 Å². The van der Waals surface area contributed by atoms with Crippen molar-refractivity contribution in [1.29, 1.82) is 0 Å². The van der Waals surface area contributed by atoms with Gasteiger partial charge in [0.25, 0.3) is 0 Å². The minimum absolute atomic E-state index is 0.0774. The molecule has 1 N–H and O–H groups in total. The van der Waals surface area contributed by atoms with Crippen LogP contribution in [0.4, 0.5) is 13.2 Å². The Labute approximate surface area is 127 Å². The molecule has 0 spiro atoms. The van der Waals surface area contributed by atoms with Crippen molar-refractivity contribution in [3.8, 4) is 0 Å². The number of rotatable bonds is 8. The van der Waals surface area contributed by atoms with Crippen molar-refractivity contribution in [3.63, 3.8) is 0 Å². The molecule has 0 aliphatic carbocycles. The lowest BCUT2D eigenvalue weighted by atomic mass is 10.1. The molecule has 1 aromatic rings. The molecule has 1 atom stereocenters. The highest BCUT2D eigenvalue weighted by molar-refractivity contribution is 7.11. The highest BCUT2D eigenvalue weighted by atomic mass is 32.1. The van der Waals surface area contributed by atoms with Crippen molar-refractivity contribution in [2.45, 2.75) is 52.9 Å². The zero-order valence-corrected chi connectivity index (χ0v) is 13.7. The van der Waals surface area contributed by atoms with Crippen molar-refractivity contribution in [2.75, 3.05) is 13.2 Å². The van der Waals surface area contributed by atoms with E-state index in [0.29, 0.717) is 18.2 Å². The van der Waals surface area contributed by atoms with E-state index in [2.05, 4.69) is 10.3 Å². The highest BCUT2D eigenvalue weighted by Crippen LogP contribution is 2.38. The summed E-state index contributed by atoms with van der Waals surface area (Å²) < 4.78 is 44.8. The highest BCUT2D eigenvalue weighted by Gasteiger charge is 2.38. The van der Waals surface area contributed by atoms with Crippen LogP contribution in [0.25, 0.3) is 0 Å². The van der Waals surface area contributed by atoms with Crippen molar-refractivity contribution in [3.05, 3.63) is 15.6 Å². The predicted octanol–water partition coefficient (Wildman–Crippen LogP) is 4.40. The van der Waals surface area contributed by atoms with Crippen LogP contribution in [0.5, 0.6) is 0 Å². The average Bonchev–Trinajstić information content (AvgIpc) is 2.79. The van der Waals surface area contributed by atoms with E-state index in [9.17, 15) is 13.2 Å². The maximum Gasteiger partial charge on any atom is 0.434 e. The van der Waals surface area contributed by atoms with Crippen molar-refractivity contribution >= 4 is 11.3 Å². The Kier molecular flexibility index (Phi) is 7.09. The van der Waals surface area contributed by atoms with Gasteiger partial charge in [0.15, 0.2) is 5.69 Å². The van der Waals surface area contributed by atoms with Gasteiger partial charge in [-0.2, -0.15) is 13.2 Å². The number of ether oxygens (including phenoxy) is 1. The molecule has 1 heterocycles. The van der Waals surface area contributed by atoms with Crippen LogP contribution in [0.15, 0.2) is 0 Å². The summed E-state index contributed by atoms with van der Waals surface area (Å²) in [6, 6.07) is 0. The van der Waals surface area contributed by atoms with Crippen LogP contribution in [-0.2, 0) is 17.5 Å². The molecule has 0 aliphatic heterocycles. The SMILES string of the molecule is CCCNCc1sc(C(OCC)C(C)C)nc1C(F)(F)F. The first-order valence-electron chi connectivity index (χ1n) is 7.20.